The van der Waals surface area contributed by atoms with Crippen LogP contribution >= 0.6 is 24.0 Å². The predicted octanol–water partition coefficient (Wildman–Crippen LogP) is 3.89. The van der Waals surface area contributed by atoms with E-state index in [-0.39, 0.29) is 24.0 Å². The maximum Gasteiger partial charge on any atom is 0.191 e. The molecule has 1 saturated heterocycles. The number of aromatic nitrogens is 1. The van der Waals surface area contributed by atoms with E-state index >= 15 is 0 Å². The lowest BCUT2D eigenvalue weighted by molar-refractivity contribution is 0.245. The van der Waals surface area contributed by atoms with Crippen molar-refractivity contribution in [3.8, 4) is 0 Å². The first-order chi connectivity index (χ1) is 14.4. The topological polar surface area (TPSA) is 64.6 Å². The number of likely N-dealkylation sites (tertiary alicyclic amines) is 1. The first-order valence-electron chi connectivity index (χ1n) is 10.8. The zero-order valence-electron chi connectivity index (χ0n) is 17.9. The molecular weight excluding hydrogens is 487 g/mol. The van der Waals surface area contributed by atoms with Crippen LogP contribution in [0.4, 0.5) is 5.82 Å². The predicted molar refractivity (Wildman–Crippen MR) is 137 cm³/mol. The zero-order chi connectivity index (χ0) is 20.2. The summed E-state index contributed by atoms with van der Waals surface area (Å²) < 4.78 is 0. The Kier molecular flexibility index (Phi) is 11.5. The van der Waals surface area contributed by atoms with Crippen LogP contribution in [0.3, 0.4) is 0 Å². The van der Waals surface area contributed by atoms with Crippen molar-refractivity contribution in [3.63, 3.8) is 0 Å². The molecule has 164 valence electrons. The van der Waals surface area contributed by atoms with Crippen molar-refractivity contribution in [1.82, 2.24) is 20.5 Å². The Hall–Kier alpha value is -1.87. The van der Waals surface area contributed by atoms with Crippen LogP contribution in [0.1, 0.15) is 37.3 Å². The summed E-state index contributed by atoms with van der Waals surface area (Å²) in [4.78, 5) is 11.3. The van der Waals surface area contributed by atoms with Gasteiger partial charge in [-0.05, 0) is 56.5 Å². The zero-order valence-corrected chi connectivity index (χ0v) is 20.2. The van der Waals surface area contributed by atoms with Gasteiger partial charge in [-0.2, -0.15) is 0 Å². The van der Waals surface area contributed by atoms with Gasteiger partial charge < -0.3 is 16.0 Å². The Balaban J connectivity index is 0.00000320. The molecule has 0 radical (unpaired) electrons. The number of hydrogen-bond donors (Lipinski definition) is 3. The largest absolute Gasteiger partial charge is 0.370 e. The quantitative estimate of drug-likeness (QED) is 0.191. The monoisotopic (exact) mass is 522 g/mol. The van der Waals surface area contributed by atoms with E-state index in [0.29, 0.717) is 6.04 Å². The number of anilines is 1. The van der Waals surface area contributed by atoms with E-state index in [1.54, 1.807) is 0 Å². The van der Waals surface area contributed by atoms with Crippen LogP contribution in [0.25, 0.3) is 0 Å². The highest BCUT2D eigenvalue weighted by atomic mass is 127. The minimum atomic E-state index is 0. The van der Waals surface area contributed by atoms with Crippen molar-refractivity contribution in [1.29, 1.82) is 0 Å². The molecule has 2 aromatic rings. The standard InChI is InChI=1S/C23H34N6.HI/c1-24-23(27-16-8-7-15-26-22-13-5-6-14-25-22)28-19-21(29-17-9-10-18-29)20-11-3-2-4-12-20;/h2-6,11-14,21H,7-10,15-19H2,1H3,(H,25,26)(H2,24,27,28);1H. The van der Waals surface area contributed by atoms with Crippen LogP contribution in [-0.4, -0.2) is 55.6 Å². The Morgan fingerprint density at radius 2 is 1.73 bits per heavy atom. The first-order valence-corrected chi connectivity index (χ1v) is 10.8. The van der Waals surface area contributed by atoms with Crippen LogP contribution < -0.4 is 16.0 Å². The Morgan fingerprint density at radius 1 is 1.00 bits per heavy atom. The summed E-state index contributed by atoms with van der Waals surface area (Å²) in [5.74, 6) is 1.81. The highest BCUT2D eigenvalue weighted by Crippen LogP contribution is 2.24. The van der Waals surface area contributed by atoms with Gasteiger partial charge in [0.15, 0.2) is 5.96 Å². The number of rotatable bonds is 10. The second-order valence-electron chi connectivity index (χ2n) is 7.40. The van der Waals surface area contributed by atoms with Gasteiger partial charge in [0.2, 0.25) is 0 Å². The SMILES string of the molecule is CN=C(NCCCCNc1ccccn1)NCC(c1ccccc1)N1CCCC1.I. The van der Waals surface area contributed by atoms with Crippen LogP contribution in [0.15, 0.2) is 59.7 Å². The molecule has 0 spiro atoms. The summed E-state index contributed by atoms with van der Waals surface area (Å²) in [7, 11) is 1.84. The van der Waals surface area contributed by atoms with Gasteiger partial charge in [0, 0.05) is 32.9 Å². The van der Waals surface area contributed by atoms with Crippen LogP contribution in [0, 0.1) is 0 Å². The Labute approximate surface area is 198 Å². The molecule has 0 bridgehead atoms. The fourth-order valence-corrected chi connectivity index (χ4v) is 3.74. The summed E-state index contributed by atoms with van der Waals surface area (Å²) in [5, 5.41) is 10.3. The summed E-state index contributed by atoms with van der Waals surface area (Å²) in [5.41, 5.74) is 1.37. The number of hydrogen-bond acceptors (Lipinski definition) is 4. The van der Waals surface area contributed by atoms with Gasteiger partial charge in [-0.25, -0.2) is 4.98 Å². The van der Waals surface area contributed by atoms with Gasteiger partial charge in [0.1, 0.15) is 5.82 Å². The summed E-state index contributed by atoms with van der Waals surface area (Å²) in [6, 6.07) is 17.1. The summed E-state index contributed by atoms with van der Waals surface area (Å²) in [6.07, 6.45) is 6.56. The molecule has 1 aliphatic heterocycles. The van der Waals surface area contributed by atoms with Gasteiger partial charge in [-0.15, -0.1) is 24.0 Å². The van der Waals surface area contributed by atoms with Crippen molar-refractivity contribution >= 4 is 35.8 Å². The van der Waals surface area contributed by atoms with Gasteiger partial charge in [0.25, 0.3) is 0 Å². The minimum absolute atomic E-state index is 0. The summed E-state index contributed by atoms with van der Waals surface area (Å²) >= 11 is 0. The van der Waals surface area contributed by atoms with Gasteiger partial charge >= 0.3 is 0 Å². The van der Waals surface area contributed by atoms with Crippen LogP contribution in [0.5, 0.6) is 0 Å². The molecular formula is C23H35IN6. The number of nitrogens with zero attached hydrogens (tertiary/aromatic N) is 3. The molecule has 6 nitrogen and oxygen atoms in total. The van der Waals surface area contributed by atoms with Crippen molar-refractivity contribution in [2.45, 2.75) is 31.7 Å². The average Bonchev–Trinajstić information content (AvgIpc) is 3.31. The number of halogens is 1. The van der Waals surface area contributed by atoms with Crippen LogP contribution in [0.2, 0.25) is 0 Å². The van der Waals surface area contributed by atoms with Gasteiger partial charge in [-0.3, -0.25) is 9.89 Å². The number of guanidine groups is 1. The normalized spacial score (nSPS) is 15.3. The van der Waals surface area contributed by atoms with E-state index in [1.165, 1.54) is 31.5 Å². The molecule has 1 aromatic heterocycles. The first kappa shape index (κ1) is 24.4. The third-order valence-corrected chi connectivity index (χ3v) is 5.32. The molecule has 0 amide bonds. The average molecular weight is 522 g/mol. The summed E-state index contributed by atoms with van der Waals surface area (Å²) in [6.45, 7) is 5.05. The highest BCUT2D eigenvalue weighted by molar-refractivity contribution is 14.0. The lowest BCUT2D eigenvalue weighted by atomic mass is 10.1. The molecule has 3 N–H and O–H groups in total. The molecule has 0 aliphatic carbocycles. The minimum Gasteiger partial charge on any atom is -0.370 e. The molecule has 7 heteroatoms. The third-order valence-electron chi connectivity index (χ3n) is 5.32. The Bertz CT molecular complexity index is 719. The lowest BCUT2D eigenvalue weighted by Gasteiger charge is -2.29. The fraction of sp³-hybridized carbons (Fsp3) is 0.478. The van der Waals surface area contributed by atoms with E-state index < -0.39 is 0 Å². The lowest BCUT2D eigenvalue weighted by Crippen LogP contribution is -2.43. The molecule has 1 atom stereocenters. The van der Waals surface area contributed by atoms with E-state index in [9.17, 15) is 0 Å². The second kappa shape index (κ2) is 14.2. The molecule has 1 unspecified atom stereocenters. The van der Waals surface area contributed by atoms with E-state index in [2.05, 4.69) is 61.2 Å². The molecule has 0 saturated carbocycles. The molecule has 2 heterocycles. The van der Waals surface area contributed by atoms with Crippen molar-refractivity contribution < 1.29 is 0 Å². The number of benzene rings is 1. The molecule has 3 rings (SSSR count). The van der Waals surface area contributed by atoms with Crippen molar-refractivity contribution in [2.24, 2.45) is 4.99 Å². The third kappa shape index (κ3) is 8.10. The van der Waals surface area contributed by atoms with Gasteiger partial charge in [-0.1, -0.05) is 36.4 Å². The number of nitrogens with one attached hydrogen (secondary N) is 3. The van der Waals surface area contributed by atoms with Crippen molar-refractivity contribution in [3.05, 3.63) is 60.3 Å². The molecule has 1 aliphatic rings. The molecule has 1 aromatic carbocycles. The van der Waals surface area contributed by atoms with E-state index in [0.717, 1.165) is 44.3 Å². The smallest absolute Gasteiger partial charge is 0.191 e. The molecule has 30 heavy (non-hydrogen) atoms. The number of pyridine rings is 1. The molecule has 1 fully saturated rings. The van der Waals surface area contributed by atoms with Gasteiger partial charge in [0.05, 0.1) is 6.04 Å². The highest BCUT2D eigenvalue weighted by Gasteiger charge is 2.23. The van der Waals surface area contributed by atoms with E-state index in [4.69, 9.17) is 0 Å². The van der Waals surface area contributed by atoms with E-state index in [1.807, 2.05) is 31.4 Å². The number of aliphatic imine (C=N–C) groups is 1. The fourth-order valence-electron chi connectivity index (χ4n) is 3.74. The maximum atomic E-state index is 4.40. The number of unbranched alkanes of at least 4 members (excludes halogenated alkanes) is 1. The van der Waals surface area contributed by atoms with Crippen LogP contribution in [-0.2, 0) is 0 Å². The Morgan fingerprint density at radius 3 is 2.43 bits per heavy atom. The maximum absolute atomic E-state index is 4.40. The second-order valence-corrected chi connectivity index (χ2v) is 7.40. The van der Waals surface area contributed by atoms with Crippen molar-refractivity contribution in [2.75, 3.05) is 45.1 Å².